The van der Waals surface area contributed by atoms with Crippen molar-refractivity contribution in [1.82, 2.24) is 10.2 Å². The molecule has 6 nitrogen and oxygen atoms in total. The van der Waals surface area contributed by atoms with Crippen LogP contribution in [0.5, 0.6) is 0 Å². The lowest BCUT2D eigenvalue weighted by Crippen LogP contribution is -2.42. The van der Waals surface area contributed by atoms with Gasteiger partial charge in [-0.25, -0.2) is 4.79 Å². The number of imide groups is 1. The molecule has 158 valence electrons. The van der Waals surface area contributed by atoms with Gasteiger partial charge < -0.3 is 10.6 Å². The highest BCUT2D eigenvalue weighted by Gasteiger charge is 2.50. The number of nitrogens with one attached hydrogen (secondary N) is 2. The molecule has 1 aliphatic rings. The number of anilines is 1. The van der Waals surface area contributed by atoms with Gasteiger partial charge in [0.15, 0.2) is 0 Å². The van der Waals surface area contributed by atoms with Gasteiger partial charge in [-0.05, 0) is 47.7 Å². The van der Waals surface area contributed by atoms with Crippen LogP contribution in [0, 0.1) is 6.92 Å². The quantitative estimate of drug-likeness (QED) is 0.616. The summed E-state index contributed by atoms with van der Waals surface area (Å²) in [6, 6.07) is 18.6. The monoisotopic (exact) mass is 415 g/mol. The molecule has 1 saturated heterocycles. The van der Waals surface area contributed by atoms with Gasteiger partial charge in [-0.3, -0.25) is 14.5 Å². The number of hydrogen-bond acceptors (Lipinski definition) is 3. The minimum Gasteiger partial charge on any atom is -0.324 e. The zero-order chi connectivity index (χ0) is 22.2. The Morgan fingerprint density at radius 2 is 1.74 bits per heavy atom. The molecule has 31 heavy (non-hydrogen) atoms. The first kappa shape index (κ1) is 20.6. The van der Waals surface area contributed by atoms with E-state index in [-0.39, 0.29) is 6.54 Å². The molecule has 6 heteroatoms. The summed E-state index contributed by atoms with van der Waals surface area (Å²) in [7, 11) is 0. The number of nitrogens with zero attached hydrogens (tertiary/aromatic N) is 1. The molecule has 0 aliphatic carbocycles. The number of benzene rings is 3. The van der Waals surface area contributed by atoms with Crippen LogP contribution in [-0.2, 0) is 21.5 Å². The van der Waals surface area contributed by atoms with E-state index in [4.69, 9.17) is 0 Å². The van der Waals surface area contributed by atoms with Crippen LogP contribution in [-0.4, -0.2) is 29.3 Å². The van der Waals surface area contributed by atoms with Gasteiger partial charge in [0.05, 0.1) is 0 Å². The van der Waals surface area contributed by atoms with Gasteiger partial charge in [0.1, 0.15) is 12.1 Å². The maximum atomic E-state index is 13.3. The van der Waals surface area contributed by atoms with Crippen molar-refractivity contribution in [2.24, 2.45) is 0 Å². The molecule has 1 fully saturated rings. The molecule has 0 bridgehead atoms. The lowest BCUT2D eigenvalue weighted by atomic mass is 9.88. The summed E-state index contributed by atoms with van der Waals surface area (Å²) >= 11 is 0. The van der Waals surface area contributed by atoms with Gasteiger partial charge in [-0.2, -0.15) is 0 Å². The van der Waals surface area contributed by atoms with Crippen molar-refractivity contribution in [2.75, 3.05) is 11.9 Å². The van der Waals surface area contributed by atoms with Crippen molar-refractivity contribution < 1.29 is 14.4 Å². The summed E-state index contributed by atoms with van der Waals surface area (Å²) in [5, 5.41) is 7.55. The van der Waals surface area contributed by atoms with Crippen molar-refractivity contribution in [3.05, 3.63) is 77.4 Å². The number of carbonyl (C=O) groups excluding carboxylic acids is 3. The number of urea groups is 1. The molecule has 0 aromatic heterocycles. The molecule has 1 heterocycles. The number of amides is 4. The average molecular weight is 415 g/mol. The fourth-order valence-corrected chi connectivity index (χ4v) is 4.21. The number of rotatable bonds is 5. The highest BCUT2D eigenvalue weighted by molar-refractivity contribution is 6.11. The standard InChI is InChI=1S/C25H25N3O3/c1-4-17-11-7-9-16(2)22(17)26-21(29)15-28-23(30)25(3,27-24(28)31)20-14-8-12-18-10-5-6-13-19(18)20/h5-14H,4,15H2,1-3H3,(H,26,29)(H,27,31)/t25-/m0/s1. The zero-order valence-electron chi connectivity index (χ0n) is 17.9. The molecule has 0 unspecified atom stereocenters. The SMILES string of the molecule is CCc1cccc(C)c1NC(=O)CN1C(=O)N[C@@](C)(c2cccc3ccccc23)C1=O. The lowest BCUT2D eigenvalue weighted by molar-refractivity contribution is -0.133. The van der Waals surface area contributed by atoms with Gasteiger partial charge in [-0.15, -0.1) is 0 Å². The molecule has 1 aliphatic heterocycles. The van der Waals surface area contributed by atoms with Crippen LogP contribution in [0.2, 0.25) is 0 Å². The first-order valence-electron chi connectivity index (χ1n) is 10.4. The zero-order valence-corrected chi connectivity index (χ0v) is 17.9. The average Bonchev–Trinajstić information content (AvgIpc) is 2.98. The van der Waals surface area contributed by atoms with Crippen LogP contribution >= 0.6 is 0 Å². The molecule has 0 radical (unpaired) electrons. The summed E-state index contributed by atoms with van der Waals surface area (Å²) in [4.78, 5) is 39.8. The summed E-state index contributed by atoms with van der Waals surface area (Å²) < 4.78 is 0. The number of fused-ring (bicyclic) bond motifs is 1. The van der Waals surface area contributed by atoms with Crippen LogP contribution in [0.3, 0.4) is 0 Å². The van der Waals surface area contributed by atoms with Crippen LogP contribution in [0.25, 0.3) is 10.8 Å². The predicted octanol–water partition coefficient (Wildman–Crippen LogP) is 4.12. The molecule has 3 aromatic rings. The number of carbonyl (C=O) groups is 3. The Kier molecular flexibility index (Phi) is 5.23. The molecule has 4 amide bonds. The van der Waals surface area contributed by atoms with E-state index in [1.54, 1.807) is 6.92 Å². The normalized spacial score (nSPS) is 18.4. The third-order valence-corrected chi connectivity index (χ3v) is 5.91. The second-order valence-corrected chi connectivity index (χ2v) is 7.98. The molecule has 2 N–H and O–H groups in total. The number of aryl methyl sites for hydroxylation is 2. The molecule has 3 aromatic carbocycles. The Bertz CT molecular complexity index is 1200. The van der Waals surface area contributed by atoms with Crippen molar-refractivity contribution in [1.29, 1.82) is 0 Å². The van der Waals surface area contributed by atoms with E-state index in [2.05, 4.69) is 10.6 Å². The van der Waals surface area contributed by atoms with Crippen molar-refractivity contribution in [3.8, 4) is 0 Å². The van der Waals surface area contributed by atoms with Crippen LogP contribution in [0.15, 0.2) is 60.7 Å². The Labute approximate surface area is 181 Å². The summed E-state index contributed by atoms with van der Waals surface area (Å²) in [5.74, 6) is -0.848. The summed E-state index contributed by atoms with van der Waals surface area (Å²) in [5.41, 5.74) is 2.14. The molecule has 0 saturated carbocycles. The van der Waals surface area contributed by atoms with Crippen LogP contribution < -0.4 is 10.6 Å². The van der Waals surface area contributed by atoms with Gasteiger partial charge in [-0.1, -0.05) is 67.6 Å². The minimum atomic E-state index is -1.24. The van der Waals surface area contributed by atoms with Gasteiger partial charge in [0, 0.05) is 5.69 Å². The van der Waals surface area contributed by atoms with E-state index in [0.29, 0.717) is 5.56 Å². The van der Waals surface area contributed by atoms with Crippen molar-refractivity contribution in [3.63, 3.8) is 0 Å². The van der Waals surface area contributed by atoms with Gasteiger partial charge in [0.2, 0.25) is 5.91 Å². The maximum absolute atomic E-state index is 13.3. The molecule has 1 atom stereocenters. The lowest BCUT2D eigenvalue weighted by Gasteiger charge is -2.24. The van der Waals surface area contributed by atoms with Crippen molar-refractivity contribution >= 4 is 34.3 Å². The second-order valence-electron chi connectivity index (χ2n) is 7.98. The summed E-state index contributed by atoms with van der Waals surface area (Å²) in [6.07, 6.45) is 0.763. The van der Waals surface area contributed by atoms with Crippen molar-refractivity contribution in [2.45, 2.75) is 32.7 Å². The molecule has 0 spiro atoms. The first-order valence-corrected chi connectivity index (χ1v) is 10.4. The van der Waals surface area contributed by atoms with Gasteiger partial charge in [0.25, 0.3) is 5.91 Å². The fourth-order valence-electron chi connectivity index (χ4n) is 4.21. The van der Waals surface area contributed by atoms with E-state index in [1.165, 1.54) is 0 Å². The Hall–Kier alpha value is -3.67. The molecule has 4 rings (SSSR count). The van der Waals surface area contributed by atoms with E-state index in [9.17, 15) is 14.4 Å². The fraction of sp³-hybridized carbons (Fsp3) is 0.240. The number of hydrogen-bond donors (Lipinski definition) is 2. The smallest absolute Gasteiger partial charge is 0.324 e. The van der Waals surface area contributed by atoms with E-state index >= 15 is 0 Å². The van der Waals surface area contributed by atoms with E-state index in [1.807, 2.05) is 74.5 Å². The van der Waals surface area contributed by atoms with Gasteiger partial charge >= 0.3 is 6.03 Å². The third-order valence-electron chi connectivity index (χ3n) is 5.91. The molecular formula is C25H25N3O3. The van der Waals surface area contributed by atoms with E-state index < -0.39 is 23.4 Å². The van der Waals surface area contributed by atoms with Crippen LogP contribution in [0.4, 0.5) is 10.5 Å². The maximum Gasteiger partial charge on any atom is 0.325 e. The first-order chi connectivity index (χ1) is 14.8. The Balaban J connectivity index is 1.60. The topological polar surface area (TPSA) is 78.5 Å². The Morgan fingerprint density at radius 1 is 1.03 bits per heavy atom. The highest BCUT2D eigenvalue weighted by Crippen LogP contribution is 2.33. The Morgan fingerprint density at radius 3 is 2.52 bits per heavy atom. The second kappa shape index (κ2) is 7.87. The van der Waals surface area contributed by atoms with Crippen LogP contribution in [0.1, 0.15) is 30.5 Å². The minimum absolute atomic E-state index is 0.345. The highest BCUT2D eigenvalue weighted by atomic mass is 16.2. The summed E-state index contributed by atoms with van der Waals surface area (Å²) in [6.45, 7) is 5.27. The largest absolute Gasteiger partial charge is 0.325 e. The predicted molar refractivity (Wildman–Crippen MR) is 121 cm³/mol. The van der Waals surface area contributed by atoms with E-state index in [0.717, 1.165) is 38.9 Å². The molecular weight excluding hydrogens is 390 g/mol. The third kappa shape index (κ3) is 3.54. The number of para-hydroxylation sites is 1.